The summed E-state index contributed by atoms with van der Waals surface area (Å²) in [4.78, 5) is 31.4. The van der Waals surface area contributed by atoms with Gasteiger partial charge < -0.3 is 19.4 Å². The zero-order valence-corrected chi connectivity index (χ0v) is 16.7. The van der Waals surface area contributed by atoms with Crippen LogP contribution < -0.4 is 9.64 Å². The fourth-order valence-electron chi connectivity index (χ4n) is 4.23. The predicted molar refractivity (Wildman–Crippen MR) is 106 cm³/mol. The van der Waals surface area contributed by atoms with Crippen LogP contribution in [-0.2, 0) is 9.59 Å². The van der Waals surface area contributed by atoms with E-state index in [2.05, 4.69) is 24.8 Å². The van der Waals surface area contributed by atoms with Crippen LogP contribution in [0.1, 0.15) is 33.1 Å². The zero-order chi connectivity index (χ0) is 19.4. The second-order valence-electron chi connectivity index (χ2n) is 7.43. The highest BCUT2D eigenvalue weighted by Crippen LogP contribution is 2.26. The highest BCUT2D eigenvalue weighted by molar-refractivity contribution is 5.89. The zero-order valence-electron chi connectivity index (χ0n) is 16.7. The second kappa shape index (κ2) is 8.63. The Morgan fingerprint density at radius 2 is 1.89 bits per heavy atom. The molecule has 2 fully saturated rings. The van der Waals surface area contributed by atoms with Crippen molar-refractivity contribution in [3.63, 3.8) is 0 Å². The Labute approximate surface area is 162 Å². The standard InChI is InChI=1S/C21H31N3O3/c1-4-17(5-2)24-15-16(13-20(24)25)21(26)23-11-9-22(10-12-23)18-7-6-8-19(14-18)27-3/h6-8,14,16-17H,4-5,9-13,15H2,1-3H3. The molecule has 0 spiro atoms. The van der Waals surface area contributed by atoms with E-state index in [0.29, 0.717) is 26.1 Å². The highest BCUT2D eigenvalue weighted by atomic mass is 16.5. The molecule has 2 amide bonds. The molecule has 0 aromatic heterocycles. The van der Waals surface area contributed by atoms with Crippen LogP contribution in [0.15, 0.2) is 24.3 Å². The molecule has 1 aromatic carbocycles. The Hall–Kier alpha value is -2.24. The summed E-state index contributed by atoms with van der Waals surface area (Å²) in [5.41, 5.74) is 1.12. The molecule has 1 aromatic rings. The molecule has 6 heteroatoms. The molecule has 0 aliphatic carbocycles. The van der Waals surface area contributed by atoms with E-state index < -0.39 is 0 Å². The molecule has 148 valence electrons. The smallest absolute Gasteiger partial charge is 0.228 e. The van der Waals surface area contributed by atoms with Crippen molar-refractivity contribution in [2.45, 2.75) is 39.2 Å². The summed E-state index contributed by atoms with van der Waals surface area (Å²) in [6, 6.07) is 8.29. The first-order chi connectivity index (χ1) is 13.1. The summed E-state index contributed by atoms with van der Waals surface area (Å²) in [6.45, 7) is 7.80. The highest BCUT2D eigenvalue weighted by Gasteiger charge is 2.39. The summed E-state index contributed by atoms with van der Waals surface area (Å²) >= 11 is 0. The molecule has 2 heterocycles. The number of nitrogens with zero attached hydrogens (tertiary/aromatic N) is 3. The summed E-state index contributed by atoms with van der Waals surface area (Å²) in [5, 5.41) is 0. The molecule has 1 atom stereocenters. The summed E-state index contributed by atoms with van der Waals surface area (Å²) < 4.78 is 5.30. The molecule has 3 rings (SSSR count). The molecule has 6 nitrogen and oxygen atoms in total. The lowest BCUT2D eigenvalue weighted by molar-refractivity contribution is -0.136. The van der Waals surface area contributed by atoms with Crippen molar-refractivity contribution in [1.82, 2.24) is 9.80 Å². The SMILES string of the molecule is CCC(CC)N1CC(C(=O)N2CCN(c3cccc(OC)c3)CC2)CC1=O. The van der Waals surface area contributed by atoms with Gasteiger partial charge in [0, 0.05) is 56.9 Å². The normalized spacial score (nSPS) is 20.5. The fourth-order valence-corrected chi connectivity index (χ4v) is 4.23. The number of carbonyl (C=O) groups excluding carboxylic acids is 2. The third-order valence-corrected chi connectivity index (χ3v) is 5.90. The maximum Gasteiger partial charge on any atom is 0.228 e. The number of methoxy groups -OCH3 is 1. The lowest BCUT2D eigenvalue weighted by Gasteiger charge is -2.37. The Bertz CT molecular complexity index is 666. The number of amides is 2. The number of rotatable bonds is 6. The van der Waals surface area contributed by atoms with Gasteiger partial charge in [-0.3, -0.25) is 9.59 Å². The lowest BCUT2D eigenvalue weighted by atomic mass is 10.1. The van der Waals surface area contributed by atoms with Gasteiger partial charge in [0.1, 0.15) is 5.75 Å². The number of piperazine rings is 1. The van der Waals surface area contributed by atoms with E-state index >= 15 is 0 Å². The van der Waals surface area contributed by atoms with Crippen LogP contribution in [-0.4, -0.2) is 67.5 Å². The average Bonchev–Trinajstić information content (AvgIpc) is 3.10. The van der Waals surface area contributed by atoms with Crippen molar-refractivity contribution in [2.75, 3.05) is 44.7 Å². The van der Waals surface area contributed by atoms with Gasteiger partial charge in [-0.05, 0) is 25.0 Å². The molecule has 0 saturated carbocycles. The van der Waals surface area contributed by atoms with E-state index in [1.54, 1.807) is 7.11 Å². The average molecular weight is 373 g/mol. The Morgan fingerprint density at radius 3 is 2.52 bits per heavy atom. The van der Waals surface area contributed by atoms with Crippen LogP contribution in [0.2, 0.25) is 0 Å². The fraction of sp³-hybridized carbons (Fsp3) is 0.619. The predicted octanol–water partition coefficient (Wildman–Crippen LogP) is 2.38. The number of hydrogen-bond donors (Lipinski definition) is 0. The topological polar surface area (TPSA) is 53.1 Å². The van der Waals surface area contributed by atoms with Crippen molar-refractivity contribution in [1.29, 1.82) is 0 Å². The molecule has 2 aliphatic rings. The van der Waals surface area contributed by atoms with Gasteiger partial charge in [0.25, 0.3) is 0 Å². The van der Waals surface area contributed by atoms with E-state index in [1.807, 2.05) is 28.0 Å². The Kier molecular flexibility index (Phi) is 6.24. The molecule has 1 unspecified atom stereocenters. The maximum absolute atomic E-state index is 12.9. The van der Waals surface area contributed by atoms with Gasteiger partial charge in [-0.25, -0.2) is 0 Å². The van der Waals surface area contributed by atoms with E-state index in [4.69, 9.17) is 4.74 Å². The maximum atomic E-state index is 12.9. The van der Waals surface area contributed by atoms with Crippen LogP contribution >= 0.6 is 0 Å². The molecule has 2 saturated heterocycles. The number of carbonyl (C=O) groups is 2. The minimum Gasteiger partial charge on any atom is -0.497 e. The van der Waals surface area contributed by atoms with Crippen LogP contribution in [0.25, 0.3) is 0 Å². The molecule has 0 radical (unpaired) electrons. The molecule has 0 bridgehead atoms. The van der Waals surface area contributed by atoms with Gasteiger partial charge >= 0.3 is 0 Å². The Balaban J connectivity index is 1.56. The van der Waals surface area contributed by atoms with Gasteiger partial charge in [-0.15, -0.1) is 0 Å². The van der Waals surface area contributed by atoms with Crippen LogP contribution in [0.5, 0.6) is 5.75 Å². The van der Waals surface area contributed by atoms with Gasteiger partial charge in [-0.2, -0.15) is 0 Å². The van der Waals surface area contributed by atoms with Crippen molar-refractivity contribution < 1.29 is 14.3 Å². The first kappa shape index (κ1) is 19.5. The van der Waals surface area contributed by atoms with E-state index in [9.17, 15) is 9.59 Å². The summed E-state index contributed by atoms with van der Waals surface area (Å²) in [6.07, 6.45) is 2.26. The number of benzene rings is 1. The van der Waals surface area contributed by atoms with Crippen molar-refractivity contribution in [3.8, 4) is 5.75 Å². The molecule has 27 heavy (non-hydrogen) atoms. The minimum atomic E-state index is -0.179. The van der Waals surface area contributed by atoms with Gasteiger partial charge in [0.2, 0.25) is 11.8 Å². The Morgan fingerprint density at radius 1 is 1.19 bits per heavy atom. The quantitative estimate of drug-likeness (QED) is 0.768. The molecule has 0 N–H and O–H groups in total. The van der Waals surface area contributed by atoms with Gasteiger partial charge in [0.05, 0.1) is 13.0 Å². The molecule has 2 aliphatic heterocycles. The first-order valence-electron chi connectivity index (χ1n) is 10.0. The van der Waals surface area contributed by atoms with Gasteiger partial charge in [-0.1, -0.05) is 19.9 Å². The van der Waals surface area contributed by atoms with Crippen molar-refractivity contribution >= 4 is 17.5 Å². The number of anilines is 1. The van der Waals surface area contributed by atoms with Crippen LogP contribution in [0.3, 0.4) is 0 Å². The van der Waals surface area contributed by atoms with E-state index in [-0.39, 0.29) is 23.8 Å². The number of hydrogen-bond acceptors (Lipinski definition) is 4. The summed E-state index contributed by atoms with van der Waals surface area (Å²) in [7, 11) is 1.67. The monoisotopic (exact) mass is 373 g/mol. The van der Waals surface area contributed by atoms with Crippen molar-refractivity contribution in [2.24, 2.45) is 5.92 Å². The van der Waals surface area contributed by atoms with Crippen LogP contribution in [0.4, 0.5) is 5.69 Å². The van der Waals surface area contributed by atoms with Crippen molar-refractivity contribution in [3.05, 3.63) is 24.3 Å². The second-order valence-corrected chi connectivity index (χ2v) is 7.43. The minimum absolute atomic E-state index is 0.136. The van der Waals surface area contributed by atoms with E-state index in [0.717, 1.165) is 37.4 Å². The number of likely N-dealkylation sites (tertiary alicyclic amines) is 1. The summed E-state index contributed by atoms with van der Waals surface area (Å²) in [5.74, 6) is 0.942. The largest absolute Gasteiger partial charge is 0.497 e. The van der Waals surface area contributed by atoms with Gasteiger partial charge in [0.15, 0.2) is 0 Å². The lowest BCUT2D eigenvalue weighted by Crippen LogP contribution is -2.50. The van der Waals surface area contributed by atoms with E-state index in [1.165, 1.54) is 0 Å². The third-order valence-electron chi connectivity index (χ3n) is 5.90. The molecular formula is C21H31N3O3. The first-order valence-corrected chi connectivity index (χ1v) is 10.0. The van der Waals surface area contributed by atoms with Crippen LogP contribution in [0, 0.1) is 5.92 Å². The third kappa shape index (κ3) is 4.20. The molecular weight excluding hydrogens is 342 g/mol. The number of ether oxygens (including phenoxy) is 1.